The van der Waals surface area contributed by atoms with Crippen molar-refractivity contribution in [1.82, 2.24) is 9.97 Å². The van der Waals surface area contributed by atoms with E-state index in [-0.39, 0.29) is 28.8 Å². The van der Waals surface area contributed by atoms with Crippen molar-refractivity contribution in [3.8, 4) is 0 Å². The number of ketones is 2. The highest BCUT2D eigenvalue weighted by Crippen LogP contribution is 2.24. The van der Waals surface area contributed by atoms with Crippen LogP contribution >= 0.6 is 10.7 Å². The van der Waals surface area contributed by atoms with E-state index >= 15 is 0 Å². The smallest absolute Gasteiger partial charge is 0.264 e. The number of benzene rings is 4. The third-order valence-electron chi connectivity index (χ3n) is 6.60. The number of nitrogens with zero attached hydrogens (tertiary/aromatic N) is 2. The molecule has 2 heterocycles. The number of Topliss-reactive ketones (excluding diaryl/α,β-unsaturated/α-hetero) is 2. The highest BCUT2D eigenvalue weighted by molar-refractivity contribution is 8.14. The van der Waals surface area contributed by atoms with Crippen LogP contribution in [0.4, 0.5) is 11.4 Å². The van der Waals surface area contributed by atoms with Crippen LogP contribution in [-0.2, 0) is 19.1 Å². The molecule has 0 saturated carbocycles. The third kappa shape index (κ3) is 9.67. The fourth-order valence-corrected chi connectivity index (χ4v) is 6.52. The summed E-state index contributed by atoms with van der Waals surface area (Å²) in [6, 6.07) is 30.1. The number of pyridine rings is 2. The Kier molecular flexibility index (Phi) is 12.5. The van der Waals surface area contributed by atoms with Crippen molar-refractivity contribution >= 4 is 74.5 Å². The first kappa shape index (κ1) is 37.3. The lowest BCUT2D eigenvalue weighted by molar-refractivity contribution is 0.100. The zero-order valence-electron chi connectivity index (χ0n) is 25.2. The number of carbonyl (C=O) groups is 2. The molecule has 248 valence electrons. The standard InChI is InChI=1S/C17H14N2O3S.C9H6ClNO2S.C8H9NO.CH4/c1-12(20)13-7-9-15(10-8-13)19-23(21,22)16-6-2-4-14-5-3-11-18-17(14)16;10-14(12,13)8-5-1-3-7-4-2-6-11-9(7)8;1-6(10)7-2-4-8(9)5-3-7;/h2-11,19H,1H3;1-6H;2-5H,9H2,1H3;1H4. The third-order valence-corrected chi connectivity index (χ3v) is 9.37. The van der Waals surface area contributed by atoms with Crippen LogP contribution in [-0.4, -0.2) is 38.4 Å². The van der Waals surface area contributed by atoms with E-state index in [1.165, 1.54) is 32.2 Å². The van der Waals surface area contributed by atoms with Crippen molar-refractivity contribution in [2.75, 3.05) is 10.5 Å². The molecular formula is C35H33ClN4O6S2. The number of nitrogens with two attached hydrogens (primary N) is 1. The van der Waals surface area contributed by atoms with E-state index in [4.69, 9.17) is 16.4 Å². The zero-order valence-corrected chi connectivity index (χ0v) is 27.6. The van der Waals surface area contributed by atoms with E-state index in [2.05, 4.69) is 14.7 Å². The average Bonchev–Trinajstić information content (AvgIpc) is 3.04. The summed E-state index contributed by atoms with van der Waals surface area (Å²) < 4.78 is 50.1. The van der Waals surface area contributed by atoms with E-state index in [0.29, 0.717) is 33.5 Å². The van der Waals surface area contributed by atoms with Gasteiger partial charge < -0.3 is 5.73 Å². The number of para-hydroxylation sites is 2. The molecule has 10 nitrogen and oxygen atoms in total. The maximum Gasteiger partial charge on any atom is 0.264 e. The Morgan fingerprint density at radius 2 is 1.04 bits per heavy atom. The second-order valence-electron chi connectivity index (χ2n) is 10.0. The first-order chi connectivity index (χ1) is 22.3. The fourth-order valence-electron chi connectivity index (χ4n) is 4.27. The summed E-state index contributed by atoms with van der Waals surface area (Å²) in [6.45, 7) is 2.99. The number of sulfonamides is 1. The summed E-state index contributed by atoms with van der Waals surface area (Å²) in [5.41, 5.74) is 8.55. The lowest BCUT2D eigenvalue weighted by atomic mass is 10.1. The molecule has 6 aromatic rings. The highest BCUT2D eigenvalue weighted by Gasteiger charge is 2.18. The van der Waals surface area contributed by atoms with Gasteiger partial charge in [0.2, 0.25) is 0 Å². The van der Waals surface area contributed by atoms with Crippen molar-refractivity contribution in [3.05, 3.63) is 133 Å². The van der Waals surface area contributed by atoms with E-state index in [1.54, 1.807) is 91.1 Å². The molecule has 0 radical (unpaired) electrons. The van der Waals surface area contributed by atoms with Crippen molar-refractivity contribution in [2.45, 2.75) is 31.1 Å². The van der Waals surface area contributed by atoms with Gasteiger partial charge >= 0.3 is 0 Å². The summed E-state index contributed by atoms with van der Waals surface area (Å²) in [5.74, 6) is -0.00217. The zero-order chi connectivity index (χ0) is 34.2. The molecule has 6 rings (SSSR count). The van der Waals surface area contributed by atoms with Crippen LogP contribution in [0, 0.1) is 0 Å². The largest absolute Gasteiger partial charge is 0.399 e. The maximum atomic E-state index is 12.6. The van der Waals surface area contributed by atoms with Crippen molar-refractivity contribution < 1.29 is 26.4 Å². The molecule has 0 saturated heterocycles. The number of hydrogen-bond acceptors (Lipinski definition) is 9. The molecule has 0 aliphatic carbocycles. The van der Waals surface area contributed by atoms with Crippen LogP contribution in [0.2, 0.25) is 0 Å². The SMILES string of the molecule is C.CC(=O)c1ccc(N)cc1.CC(=O)c1ccc(NS(=O)(=O)c2cccc3cccnc23)cc1.O=S(=O)(Cl)c1cccc2cccnc12. The number of rotatable bonds is 6. The van der Waals surface area contributed by atoms with E-state index in [1.807, 2.05) is 12.1 Å². The number of carbonyl (C=O) groups excluding carboxylic acids is 2. The summed E-state index contributed by atoms with van der Waals surface area (Å²) >= 11 is 0. The topological polar surface area (TPSA) is 166 Å². The lowest BCUT2D eigenvalue weighted by Gasteiger charge is -2.10. The first-order valence-corrected chi connectivity index (χ1v) is 17.7. The minimum Gasteiger partial charge on any atom is -0.399 e. The van der Waals surface area contributed by atoms with Crippen LogP contribution < -0.4 is 10.5 Å². The number of nitrogens with one attached hydrogen (secondary N) is 1. The van der Waals surface area contributed by atoms with Crippen molar-refractivity contribution in [1.29, 1.82) is 0 Å². The van der Waals surface area contributed by atoms with Crippen LogP contribution in [0.1, 0.15) is 42.0 Å². The molecule has 0 spiro atoms. The van der Waals surface area contributed by atoms with Gasteiger partial charge in [0.05, 0.1) is 11.0 Å². The van der Waals surface area contributed by atoms with Crippen molar-refractivity contribution in [2.24, 2.45) is 0 Å². The molecule has 0 aliphatic heterocycles. The summed E-state index contributed by atoms with van der Waals surface area (Å²) in [4.78, 5) is 30.3. The maximum absolute atomic E-state index is 12.6. The number of fused-ring (bicyclic) bond motifs is 2. The Bertz CT molecular complexity index is 2270. The lowest BCUT2D eigenvalue weighted by Crippen LogP contribution is -2.13. The summed E-state index contributed by atoms with van der Waals surface area (Å²) in [6.07, 6.45) is 3.09. The highest BCUT2D eigenvalue weighted by atomic mass is 35.7. The normalized spacial score (nSPS) is 10.8. The second kappa shape index (κ2) is 16.1. The van der Waals surface area contributed by atoms with Gasteiger partial charge in [0.25, 0.3) is 19.1 Å². The van der Waals surface area contributed by atoms with E-state index in [9.17, 15) is 26.4 Å². The van der Waals surface area contributed by atoms with Gasteiger partial charge in [-0.15, -0.1) is 0 Å². The summed E-state index contributed by atoms with van der Waals surface area (Å²) in [5, 5.41) is 1.51. The van der Waals surface area contributed by atoms with Crippen LogP contribution in [0.3, 0.4) is 0 Å². The fraction of sp³-hybridized carbons (Fsp3) is 0.0857. The Hall–Kier alpha value is -5.17. The van der Waals surface area contributed by atoms with Crippen LogP contribution in [0.15, 0.2) is 131 Å². The Balaban J connectivity index is 0.000000213. The second-order valence-corrected chi connectivity index (χ2v) is 14.2. The Morgan fingerprint density at radius 1 is 0.625 bits per heavy atom. The Labute approximate surface area is 284 Å². The number of hydrogen-bond donors (Lipinski definition) is 2. The quantitative estimate of drug-likeness (QED) is 0.101. The molecule has 4 aromatic carbocycles. The monoisotopic (exact) mass is 704 g/mol. The number of anilines is 2. The number of aromatic nitrogens is 2. The van der Waals surface area contributed by atoms with Gasteiger partial charge in [0.15, 0.2) is 11.6 Å². The van der Waals surface area contributed by atoms with Gasteiger partial charge in [0, 0.05) is 56.4 Å². The van der Waals surface area contributed by atoms with Crippen LogP contribution in [0.5, 0.6) is 0 Å². The van der Waals surface area contributed by atoms with Gasteiger partial charge in [-0.2, -0.15) is 0 Å². The predicted octanol–water partition coefficient (Wildman–Crippen LogP) is 7.51. The molecule has 2 aromatic heterocycles. The summed E-state index contributed by atoms with van der Waals surface area (Å²) in [7, 11) is -2.22. The molecule has 0 aliphatic rings. The average molecular weight is 705 g/mol. The molecule has 0 fully saturated rings. The van der Waals surface area contributed by atoms with Crippen molar-refractivity contribution in [3.63, 3.8) is 0 Å². The molecular weight excluding hydrogens is 672 g/mol. The predicted molar refractivity (Wildman–Crippen MR) is 191 cm³/mol. The molecule has 0 bridgehead atoms. The van der Waals surface area contributed by atoms with Gasteiger partial charge in [-0.1, -0.05) is 43.8 Å². The van der Waals surface area contributed by atoms with E-state index < -0.39 is 19.1 Å². The molecule has 0 unspecified atom stereocenters. The minimum atomic E-state index is -3.77. The van der Waals surface area contributed by atoms with Gasteiger partial charge in [0.1, 0.15) is 9.79 Å². The number of nitrogen functional groups attached to an aromatic ring is 1. The first-order valence-electron chi connectivity index (χ1n) is 13.9. The molecule has 3 N–H and O–H groups in total. The van der Waals surface area contributed by atoms with Gasteiger partial charge in [-0.25, -0.2) is 16.8 Å². The number of halogens is 1. The van der Waals surface area contributed by atoms with E-state index in [0.717, 1.165) is 10.8 Å². The minimum absolute atomic E-state index is 0. The van der Waals surface area contributed by atoms with Gasteiger partial charge in [-0.05, 0) is 86.6 Å². The van der Waals surface area contributed by atoms with Crippen LogP contribution in [0.25, 0.3) is 21.8 Å². The molecule has 0 atom stereocenters. The molecule has 0 amide bonds. The molecule has 48 heavy (non-hydrogen) atoms. The van der Waals surface area contributed by atoms with Gasteiger partial charge in [-0.3, -0.25) is 24.3 Å². The molecule has 13 heteroatoms. The Morgan fingerprint density at radius 3 is 1.50 bits per heavy atom.